The molecule has 0 spiro atoms. The number of fused-ring (bicyclic) bond motifs is 1. The predicted octanol–water partition coefficient (Wildman–Crippen LogP) is 4.13. The summed E-state index contributed by atoms with van der Waals surface area (Å²) >= 11 is 0. The highest BCUT2D eigenvalue weighted by Gasteiger charge is 2.34. The van der Waals surface area contributed by atoms with Gasteiger partial charge in [-0.05, 0) is 64.2 Å². The third-order valence-electron chi connectivity index (χ3n) is 4.70. The molecule has 0 radical (unpaired) electrons. The van der Waals surface area contributed by atoms with Gasteiger partial charge in [0.1, 0.15) is 12.2 Å². The molecular weight excluding hydrogens is 306 g/mol. The van der Waals surface area contributed by atoms with Crippen LogP contribution in [0.25, 0.3) is 0 Å². The van der Waals surface area contributed by atoms with Crippen molar-refractivity contribution in [3.63, 3.8) is 0 Å². The fourth-order valence-corrected chi connectivity index (χ4v) is 3.52. The molecule has 0 aliphatic carbocycles. The first-order chi connectivity index (χ1) is 11.3. The van der Waals surface area contributed by atoms with Gasteiger partial charge >= 0.3 is 12.1 Å². The number of rotatable bonds is 1. The Labute approximate surface area is 142 Å². The van der Waals surface area contributed by atoms with E-state index in [9.17, 15) is 9.59 Å². The summed E-state index contributed by atoms with van der Waals surface area (Å²) in [5.41, 5.74) is 3.24. The van der Waals surface area contributed by atoms with Crippen LogP contribution in [-0.2, 0) is 16.1 Å². The van der Waals surface area contributed by atoms with E-state index in [1.807, 2.05) is 44.7 Å². The predicted molar refractivity (Wildman–Crippen MR) is 89.8 cm³/mol. The van der Waals surface area contributed by atoms with Gasteiger partial charge in [-0.1, -0.05) is 6.07 Å². The number of hydrogen-bond acceptors (Lipinski definition) is 4. The van der Waals surface area contributed by atoms with Gasteiger partial charge in [0.15, 0.2) is 0 Å². The van der Waals surface area contributed by atoms with Crippen LogP contribution in [0.5, 0.6) is 0 Å². The smallest absolute Gasteiger partial charge is 0.410 e. The zero-order chi connectivity index (χ0) is 17.5. The molecule has 24 heavy (non-hydrogen) atoms. The van der Waals surface area contributed by atoms with Gasteiger partial charge in [0.25, 0.3) is 0 Å². The first kappa shape index (κ1) is 16.8. The first-order valence-electron chi connectivity index (χ1n) is 8.57. The van der Waals surface area contributed by atoms with Crippen molar-refractivity contribution < 1.29 is 19.1 Å². The summed E-state index contributed by atoms with van der Waals surface area (Å²) < 4.78 is 10.7. The molecule has 1 aromatic carbocycles. The summed E-state index contributed by atoms with van der Waals surface area (Å²) in [4.78, 5) is 26.2. The van der Waals surface area contributed by atoms with Crippen LogP contribution in [0, 0.1) is 6.92 Å². The molecule has 1 saturated heterocycles. The van der Waals surface area contributed by atoms with Crippen LogP contribution < -0.4 is 0 Å². The van der Waals surface area contributed by atoms with Gasteiger partial charge in [-0.3, -0.25) is 0 Å². The molecule has 1 amide bonds. The lowest BCUT2D eigenvalue weighted by atomic mass is 9.89. The van der Waals surface area contributed by atoms with Crippen LogP contribution in [0.2, 0.25) is 0 Å². The zero-order valence-electron chi connectivity index (χ0n) is 14.8. The number of benzene rings is 1. The van der Waals surface area contributed by atoms with E-state index in [0.29, 0.717) is 18.7 Å². The Bertz CT molecular complexity index is 675. The second-order valence-corrected chi connectivity index (χ2v) is 7.57. The number of piperidine rings is 1. The van der Waals surface area contributed by atoms with E-state index in [0.717, 1.165) is 36.0 Å². The normalized spacial score (nSPS) is 20.6. The topological polar surface area (TPSA) is 55.8 Å². The van der Waals surface area contributed by atoms with E-state index in [1.165, 1.54) is 0 Å². The Balaban J connectivity index is 1.92. The van der Waals surface area contributed by atoms with Gasteiger partial charge in [0, 0.05) is 12.1 Å². The molecule has 2 aliphatic heterocycles. The summed E-state index contributed by atoms with van der Waals surface area (Å²) in [5, 5.41) is 0. The van der Waals surface area contributed by atoms with Gasteiger partial charge in [-0.25, -0.2) is 9.59 Å². The minimum Gasteiger partial charge on any atom is -0.457 e. The van der Waals surface area contributed by atoms with E-state index in [-0.39, 0.29) is 18.1 Å². The second kappa shape index (κ2) is 6.11. The largest absolute Gasteiger partial charge is 0.457 e. The lowest BCUT2D eigenvalue weighted by Gasteiger charge is -2.37. The monoisotopic (exact) mass is 331 g/mol. The van der Waals surface area contributed by atoms with E-state index in [4.69, 9.17) is 9.47 Å². The Morgan fingerprint density at radius 2 is 2.04 bits per heavy atom. The van der Waals surface area contributed by atoms with Gasteiger partial charge in [0.05, 0.1) is 11.6 Å². The van der Waals surface area contributed by atoms with Crippen molar-refractivity contribution >= 4 is 12.1 Å². The fraction of sp³-hybridized carbons (Fsp3) is 0.579. The molecule has 3 rings (SSSR count). The minimum atomic E-state index is -0.508. The van der Waals surface area contributed by atoms with Crippen LogP contribution in [-0.4, -0.2) is 29.1 Å². The summed E-state index contributed by atoms with van der Waals surface area (Å²) in [6, 6.07) is 3.79. The minimum absolute atomic E-state index is 0.00500. The van der Waals surface area contributed by atoms with E-state index >= 15 is 0 Å². The summed E-state index contributed by atoms with van der Waals surface area (Å²) in [5.74, 6) is -0.257. The Morgan fingerprint density at radius 1 is 1.29 bits per heavy atom. The number of ether oxygens (including phenoxy) is 2. The first-order valence-corrected chi connectivity index (χ1v) is 8.57. The fourth-order valence-electron chi connectivity index (χ4n) is 3.52. The summed E-state index contributed by atoms with van der Waals surface area (Å²) in [6.07, 6.45) is 2.71. The molecule has 130 valence electrons. The Morgan fingerprint density at radius 3 is 2.75 bits per heavy atom. The third kappa shape index (κ3) is 3.12. The number of carbonyl (C=O) groups is 2. The third-order valence-corrected chi connectivity index (χ3v) is 4.70. The number of cyclic esters (lactones) is 1. The van der Waals surface area contributed by atoms with Crippen molar-refractivity contribution in [2.45, 2.75) is 65.2 Å². The Hall–Kier alpha value is -2.04. The molecule has 1 atom stereocenters. The van der Waals surface area contributed by atoms with Crippen molar-refractivity contribution in [1.82, 2.24) is 4.90 Å². The maximum absolute atomic E-state index is 12.6. The SMILES string of the molecule is Cc1c(C2CCCCN2C(=O)OC(C)(C)C)ccc2c1COC2=O. The van der Waals surface area contributed by atoms with Crippen LogP contribution in [0.1, 0.15) is 73.1 Å². The number of nitrogens with zero attached hydrogens (tertiary/aromatic N) is 1. The molecule has 0 aromatic heterocycles. The van der Waals surface area contributed by atoms with Crippen LogP contribution in [0.4, 0.5) is 4.79 Å². The number of carbonyl (C=O) groups excluding carboxylic acids is 2. The van der Waals surface area contributed by atoms with Crippen molar-refractivity contribution in [2.24, 2.45) is 0 Å². The lowest BCUT2D eigenvalue weighted by Crippen LogP contribution is -2.42. The lowest BCUT2D eigenvalue weighted by molar-refractivity contribution is 0.00943. The molecule has 5 nitrogen and oxygen atoms in total. The molecule has 2 aliphatic rings. The van der Waals surface area contributed by atoms with Crippen LogP contribution in [0.3, 0.4) is 0 Å². The maximum atomic E-state index is 12.6. The molecule has 1 unspecified atom stereocenters. The molecule has 5 heteroatoms. The molecule has 1 fully saturated rings. The molecular formula is C19H25NO4. The van der Waals surface area contributed by atoms with Crippen LogP contribution in [0.15, 0.2) is 12.1 Å². The number of amides is 1. The highest BCUT2D eigenvalue weighted by Crippen LogP contribution is 2.37. The van der Waals surface area contributed by atoms with Crippen molar-refractivity contribution in [2.75, 3.05) is 6.54 Å². The molecule has 1 aromatic rings. The van der Waals surface area contributed by atoms with E-state index in [1.54, 1.807) is 0 Å². The number of likely N-dealkylation sites (tertiary alicyclic amines) is 1. The van der Waals surface area contributed by atoms with Crippen molar-refractivity contribution in [3.05, 3.63) is 34.4 Å². The highest BCUT2D eigenvalue weighted by molar-refractivity contribution is 5.94. The van der Waals surface area contributed by atoms with Crippen molar-refractivity contribution in [1.29, 1.82) is 0 Å². The van der Waals surface area contributed by atoms with Gasteiger partial charge in [-0.2, -0.15) is 0 Å². The van der Waals surface area contributed by atoms with Crippen molar-refractivity contribution in [3.8, 4) is 0 Å². The zero-order valence-corrected chi connectivity index (χ0v) is 14.8. The standard InChI is InChI=1S/C19H25NO4/c1-12-13(8-9-14-15(12)11-23-17(14)21)16-7-5-6-10-20(16)18(22)24-19(2,3)4/h8-9,16H,5-7,10-11H2,1-4H3. The highest BCUT2D eigenvalue weighted by atomic mass is 16.6. The average Bonchev–Trinajstić information content (AvgIpc) is 2.88. The second-order valence-electron chi connectivity index (χ2n) is 7.57. The van der Waals surface area contributed by atoms with Crippen LogP contribution >= 0.6 is 0 Å². The van der Waals surface area contributed by atoms with E-state index in [2.05, 4.69) is 0 Å². The summed E-state index contributed by atoms with van der Waals surface area (Å²) in [7, 11) is 0. The average molecular weight is 331 g/mol. The number of esters is 1. The summed E-state index contributed by atoms with van der Waals surface area (Å²) in [6.45, 7) is 8.69. The molecule has 0 saturated carbocycles. The number of hydrogen-bond donors (Lipinski definition) is 0. The molecule has 0 bridgehead atoms. The van der Waals surface area contributed by atoms with Gasteiger partial charge < -0.3 is 14.4 Å². The molecule has 2 heterocycles. The molecule has 0 N–H and O–H groups in total. The van der Waals surface area contributed by atoms with Gasteiger partial charge in [0.2, 0.25) is 0 Å². The quantitative estimate of drug-likeness (QED) is 0.726. The van der Waals surface area contributed by atoms with Gasteiger partial charge in [-0.15, -0.1) is 0 Å². The van der Waals surface area contributed by atoms with E-state index < -0.39 is 5.60 Å². The maximum Gasteiger partial charge on any atom is 0.410 e. The Kier molecular flexibility index (Phi) is 4.28.